The number of amides is 2. The third-order valence-corrected chi connectivity index (χ3v) is 6.14. The van der Waals surface area contributed by atoms with Crippen LogP contribution in [0, 0.1) is 19.8 Å². The number of hydrogen-bond acceptors (Lipinski definition) is 3. The van der Waals surface area contributed by atoms with Gasteiger partial charge in [-0.15, -0.1) is 0 Å². The topological polar surface area (TPSA) is 62.6 Å². The number of aryl methyl sites for hydroxylation is 2. The van der Waals surface area contributed by atoms with E-state index in [0.717, 1.165) is 22.1 Å². The second-order valence-corrected chi connectivity index (χ2v) is 8.23. The summed E-state index contributed by atoms with van der Waals surface area (Å²) in [7, 11) is 0. The van der Waals surface area contributed by atoms with Crippen LogP contribution in [0.2, 0.25) is 0 Å². The van der Waals surface area contributed by atoms with Crippen molar-refractivity contribution in [1.29, 1.82) is 0 Å². The number of nitrogens with zero attached hydrogens (tertiary/aromatic N) is 1. The fourth-order valence-corrected chi connectivity index (χ4v) is 4.07. The molecule has 1 aliphatic rings. The van der Waals surface area contributed by atoms with Gasteiger partial charge in [0.05, 0.1) is 12.7 Å². The van der Waals surface area contributed by atoms with Crippen molar-refractivity contribution in [2.45, 2.75) is 39.7 Å². The zero-order valence-electron chi connectivity index (χ0n) is 17.6. The number of rotatable bonds is 5. The van der Waals surface area contributed by atoms with Crippen LogP contribution < -0.4 is 5.32 Å². The van der Waals surface area contributed by atoms with E-state index < -0.39 is 0 Å². The van der Waals surface area contributed by atoms with E-state index in [0.29, 0.717) is 38.9 Å². The first-order chi connectivity index (χ1) is 14.5. The molecule has 0 aliphatic carbocycles. The Balaban J connectivity index is 1.30. The molecule has 1 saturated heterocycles. The lowest BCUT2D eigenvalue weighted by Gasteiger charge is -2.31. The zero-order chi connectivity index (χ0) is 21.1. The van der Waals surface area contributed by atoms with E-state index in [9.17, 15) is 9.59 Å². The molecule has 1 fully saturated rings. The lowest BCUT2D eigenvalue weighted by molar-refractivity contribution is -0.135. The Bertz CT molecular complexity index is 1050. The molecule has 0 radical (unpaired) electrons. The van der Waals surface area contributed by atoms with E-state index in [1.807, 2.05) is 41.3 Å². The van der Waals surface area contributed by atoms with Gasteiger partial charge in [0.2, 0.25) is 11.8 Å². The number of fused-ring (bicyclic) bond motifs is 1. The maximum atomic E-state index is 12.8. The largest absolute Gasteiger partial charge is 0.464 e. The van der Waals surface area contributed by atoms with Gasteiger partial charge >= 0.3 is 0 Å². The molecule has 2 heterocycles. The number of nitrogens with one attached hydrogen (secondary N) is 1. The Kier molecular flexibility index (Phi) is 5.88. The molecule has 2 aromatic carbocycles. The summed E-state index contributed by atoms with van der Waals surface area (Å²) in [4.78, 5) is 27.2. The number of likely N-dealkylation sites (tertiary alicyclic amines) is 1. The summed E-state index contributed by atoms with van der Waals surface area (Å²) >= 11 is 0. The van der Waals surface area contributed by atoms with E-state index in [4.69, 9.17) is 4.42 Å². The third-order valence-electron chi connectivity index (χ3n) is 6.14. The Labute approximate surface area is 177 Å². The van der Waals surface area contributed by atoms with Gasteiger partial charge in [-0.3, -0.25) is 9.59 Å². The monoisotopic (exact) mass is 404 g/mol. The standard InChI is InChI=1S/C25H28N2O3/c1-17-12-22-21(16-30-23(22)13-18(17)2)14-24(28)27-10-8-20(9-11-27)25(29)26-15-19-6-4-3-5-7-19/h3-7,12-13,16,20H,8-11,14-15H2,1-2H3,(H,26,29). The van der Waals surface area contributed by atoms with Gasteiger partial charge in [0.25, 0.3) is 0 Å². The smallest absolute Gasteiger partial charge is 0.227 e. The van der Waals surface area contributed by atoms with Crippen molar-refractivity contribution >= 4 is 22.8 Å². The predicted octanol–water partition coefficient (Wildman–Crippen LogP) is 4.15. The van der Waals surface area contributed by atoms with Gasteiger partial charge in [0.1, 0.15) is 5.58 Å². The van der Waals surface area contributed by atoms with Crippen LogP contribution in [0.4, 0.5) is 0 Å². The first-order valence-corrected chi connectivity index (χ1v) is 10.6. The van der Waals surface area contributed by atoms with Gasteiger partial charge < -0.3 is 14.6 Å². The summed E-state index contributed by atoms with van der Waals surface area (Å²) in [6.45, 7) is 5.92. The number of hydrogen-bond donors (Lipinski definition) is 1. The Morgan fingerprint density at radius 3 is 2.50 bits per heavy atom. The minimum atomic E-state index is -0.0295. The van der Waals surface area contributed by atoms with E-state index in [1.165, 1.54) is 11.1 Å². The molecule has 1 N–H and O–H groups in total. The van der Waals surface area contributed by atoms with Crippen LogP contribution in [0.5, 0.6) is 0 Å². The second-order valence-electron chi connectivity index (χ2n) is 8.23. The normalized spacial score (nSPS) is 14.8. The fraction of sp³-hybridized carbons (Fsp3) is 0.360. The molecule has 4 rings (SSSR count). The van der Waals surface area contributed by atoms with Crippen LogP contribution >= 0.6 is 0 Å². The van der Waals surface area contributed by atoms with Gasteiger partial charge in [0, 0.05) is 36.5 Å². The van der Waals surface area contributed by atoms with E-state index in [1.54, 1.807) is 6.26 Å². The lowest BCUT2D eigenvalue weighted by atomic mass is 9.95. The van der Waals surface area contributed by atoms with Crippen LogP contribution in [0.25, 0.3) is 11.0 Å². The summed E-state index contributed by atoms with van der Waals surface area (Å²) in [5, 5.41) is 4.04. The molecule has 0 spiro atoms. The molecule has 30 heavy (non-hydrogen) atoms. The van der Waals surface area contributed by atoms with Crippen molar-refractivity contribution in [2.24, 2.45) is 5.92 Å². The summed E-state index contributed by atoms with van der Waals surface area (Å²) < 4.78 is 5.66. The predicted molar refractivity (Wildman–Crippen MR) is 117 cm³/mol. The third kappa shape index (κ3) is 4.40. The van der Waals surface area contributed by atoms with Crippen molar-refractivity contribution in [3.8, 4) is 0 Å². The SMILES string of the molecule is Cc1cc2occ(CC(=O)N3CCC(C(=O)NCc4ccccc4)CC3)c2cc1C. The van der Waals surface area contributed by atoms with Crippen molar-refractivity contribution in [3.63, 3.8) is 0 Å². The summed E-state index contributed by atoms with van der Waals surface area (Å²) in [6, 6.07) is 14.0. The number of furan rings is 1. The Hall–Kier alpha value is -3.08. The number of benzene rings is 2. The number of carbonyl (C=O) groups is 2. The van der Waals surface area contributed by atoms with Crippen LogP contribution in [-0.4, -0.2) is 29.8 Å². The van der Waals surface area contributed by atoms with Crippen LogP contribution in [0.15, 0.2) is 53.1 Å². The molecule has 0 bridgehead atoms. The van der Waals surface area contributed by atoms with Gasteiger partial charge in [-0.05, 0) is 55.5 Å². The first kappa shape index (κ1) is 20.2. The molecule has 5 heteroatoms. The van der Waals surface area contributed by atoms with Crippen molar-refractivity contribution in [1.82, 2.24) is 10.2 Å². The highest BCUT2D eigenvalue weighted by molar-refractivity contribution is 5.88. The molecule has 5 nitrogen and oxygen atoms in total. The van der Waals surface area contributed by atoms with E-state index in [-0.39, 0.29) is 17.7 Å². The molecular formula is C25H28N2O3. The molecule has 3 aromatic rings. The van der Waals surface area contributed by atoms with Crippen LogP contribution in [0.1, 0.15) is 35.1 Å². The minimum Gasteiger partial charge on any atom is -0.464 e. The fourth-order valence-electron chi connectivity index (χ4n) is 4.07. The maximum Gasteiger partial charge on any atom is 0.227 e. The highest BCUT2D eigenvalue weighted by Gasteiger charge is 2.27. The zero-order valence-corrected chi connectivity index (χ0v) is 17.6. The van der Waals surface area contributed by atoms with Crippen molar-refractivity contribution in [2.75, 3.05) is 13.1 Å². The van der Waals surface area contributed by atoms with E-state index >= 15 is 0 Å². The highest BCUT2D eigenvalue weighted by Crippen LogP contribution is 2.26. The van der Waals surface area contributed by atoms with Gasteiger partial charge in [-0.2, -0.15) is 0 Å². The lowest BCUT2D eigenvalue weighted by Crippen LogP contribution is -2.43. The summed E-state index contributed by atoms with van der Waals surface area (Å²) in [5.74, 6) is 0.148. The Morgan fingerprint density at radius 1 is 1.07 bits per heavy atom. The Morgan fingerprint density at radius 2 is 1.77 bits per heavy atom. The minimum absolute atomic E-state index is 0.0295. The van der Waals surface area contributed by atoms with Gasteiger partial charge in [-0.25, -0.2) is 0 Å². The summed E-state index contributed by atoms with van der Waals surface area (Å²) in [5.41, 5.74) is 5.23. The second kappa shape index (κ2) is 8.74. The maximum absolute atomic E-state index is 12.8. The molecule has 156 valence electrons. The molecule has 0 unspecified atom stereocenters. The van der Waals surface area contributed by atoms with Crippen LogP contribution in [-0.2, 0) is 22.6 Å². The van der Waals surface area contributed by atoms with Crippen LogP contribution in [0.3, 0.4) is 0 Å². The van der Waals surface area contributed by atoms with Crippen molar-refractivity contribution < 1.29 is 14.0 Å². The molecule has 0 saturated carbocycles. The first-order valence-electron chi connectivity index (χ1n) is 10.6. The molecular weight excluding hydrogens is 376 g/mol. The molecule has 0 atom stereocenters. The van der Waals surface area contributed by atoms with E-state index in [2.05, 4.69) is 25.2 Å². The molecule has 1 aliphatic heterocycles. The average Bonchev–Trinajstić information content (AvgIpc) is 3.14. The number of piperidine rings is 1. The average molecular weight is 405 g/mol. The summed E-state index contributed by atoms with van der Waals surface area (Å²) in [6.07, 6.45) is 3.44. The quantitative estimate of drug-likeness (QED) is 0.695. The molecule has 2 amide bonds. The number of carbonyl (C=O) groups excluding carboxylic acids is 2. The molecule has 1 aromatic heterocycles. The highest BCUT2D eigenvalue weighted by atomic mass is 16.3. The van der Waals surface area contributed by atoms with Gasteiger partial charge in [0.15, 0.2) is 0 Å². The van der Waals surface area contributed by atoms with Gasteiger partial charge in [-0.1, -0.05) is 30.3 Å². The van der Waals surface area contributed by atoms with Crippen molar-refractivity contribution in [3.05, 3.63) is 71.0 Å².